The molecule has 236 valence electrons. The Balaban J connectivity index is 1.19. The maximum Gasteiger partial charge on any atom is 0.159 e. The number of fused-ring (bicyclic) bond motifs is 7. The molecule has 5 heteroatoms. The van der Waals surface area contributed by atoms with Crippen molar-refractivity contribution in [3.63, 3.8) is 0 Å². The average Bonchev–Trinajstić information content (AvgIpc) is 3.72. The summed E-state index contributed by atoms with van der Waals surface area (Å²) in [5.41, 5.74) is 10.0. The molecule has 9 aromatic rings. The fourth-order valence-corrected chi connectivity index (χ4v) is 7.50. The van der Waals surface area contributed by atoms with Gasteiger partial charge in [0.1, 0.15) is 12.0 Å². The maximum absolute atomic E-state index is 5.11. The van der Waals surface area contributed by atoms with Crippen LogP contribution in [0.5, 0.6) is 0 Å². The molecule has 10 rings (SSSR count). The molecule has 5 nitrogen and oxygen atoms in total. The number of para-hydroxylation sites is 3. The first-order valence-electron chi connectivity index (χ1n) is 17.0. The predicted octanol–water partition coefficient (Wildman–Crippen LogP) is 10.4. The van der Waals surface area contributed by atoms with Crippen molar-refractivity contribution in [2.45, 2.75) is 6.17 Å². The molecule has 1 unspecified atom stereocenters. The summed E-state index contributed by atoms with van der Waals surface area (Å²) < 4.78 is 4.84. The molecule has 1 atom stereocenters. The zero-order valence-electron chi connectivity index (χ0n) is 27.1. The van der Waals surface area contributed by atoms with Crippen molar-refractivity contribution in [2.24, 2.45) is 9.98 Å². The van der Waals surface area contributed by atoms with E-state index in [0.717, 1.165) is 33.9 Å². The lowest BCUT2D eigenvalue weighted by Crippen LogP contribution is -2.33. The number of hydrogen-bond donors (Lipinski definition) is 1. The van der Waals surface area contributed by atoms with Gasteiger partial charge in [-0.25, -0.2) is 9.98 Å². The van der Waals surface area contributed by atoms with Crippen LogP contribution in [0.4, 0.5) is 0 Å². The van der Waals surface area contributed by atoms with E-state index in [0.29, 0.717) is 5.84 Å². The van der Waals surface area contributed by atoms with Crippen LogP contribution in [-0.2, 0) is 0 Å². The Hall–Kier alpha value is -6.72. The fourth-order valence-electron chi connectivity index (χ4n) is 7.50. The van der Waals surface area contributed by atoms with Crippen LogP contribution in [0.15, 0.2) is 186 Å². The van der Waals surface area contributed by atoms with E-state index in [1.54, 1.807) is 0 Å². The van der Waals surface area contributed by atoms with Crippen LogP contribution >= 0.6 is 0 Å². The molecule has 1 N–H and O–H groups in total. The molecule has 0 amide bonds. The van der Waals surface area contributed by atoms with Crippen molar-refractivity contribution >= 4 is 55.3 Å². The molecule has 1 aliphatic heterocycles. The van der Waals surface area contributed by atoms with E-state index < -0.39 is 0 Å². The van der Waals surface area contributed by atoms with Crippen LogP contribution in [0, 0.1) is 0 Å². The van der Waals surface area contributed by atoms with Crippen molar-refractivity contribution in [3.8, 4) is 11.4 Å². The van der Waals surface area contributed by atoms with Crippen LogP contribution in [0.1, 0.15) is 22.9 Å². The van der Waals surface area contributed by atoms with Crippen LogP contribution in [0.3, 0.4) is 0 Å². The molecule has 2 aromatic heterocycles. The predicted molar refractivity (Wildman–Crippen MR) is 207 cm³/mol. The number of hydrogen-bond acceptors (Lipinski definition) is 3. The minimum atomic E-state index is -0.246. The summed E-state index contributed by atoms with van der Waals surface area (Å²) in [5, 5.41) is 8.49. The van der Waals surface area contributed by atoms with Gasteiger partial charge in [0.2, 0.25) is 0 Å². The van der Waals surface area contributed by atoms with Gasteiger partial charge in [0.05, 0.1) is 22.1 Å². The standard InChI is InChI=1S/C45H31N5/c1-4-14-30(15-5-1)43-46-44(31-16-6-2-7-17-31)48-45(47-43)32-24-26-34(27-25-32)50-40-23-13-11-21-36(40)38-29-28-37-35-20-10-12-22-39(35)49(41(37)42(38)50)33-18-8-3-9-19-33/h1-29,43H,(H,46,47,48). The van der Waals surface area contributed by atoms with Crippen molar-refractivity contribution < 1.29 is 0 Å². The third-order valence-electron chi connectivity index (χ3n) is 9.77. The van der Waals surface area contributed by atoms with Crippen molar-refractivity contribution in [2.75, 3.05) is 0 Å². The molecule has 0 saturated carbocycles. The monoisotopic (exact) mass is 641 g/mol. The second kappa shape index (κ2) is 11.5. The number of nitrogens with zero attached hydrogens (tertiary/aromatic N) is 4. The Morgan fingerprint density at radius 1 is 0.420 bits per heavy atom. The second-order valence-electron chi connectivity index (χ2n) is 12.7. The highest BCUT2D eigenvalue weighted by molar-refractivity contribution is 6.24. The zero-order chi connectivity index (χ0) is 33.0. The number of aliphatic imine (C=N–C) groups is 2. The number of rotatable bonds is 5. The molecule has 7 aromatic carbocycles. The third-order valence-corrected chi connectivity index (χ3v) is 9.77. The van der Waals surface area contributed by atoms with Gasteiger partial charge in [0.15, 0.2) is 5.84 Å². The topological polar surface area (TPSA) is 46.6 Å². The molecule has 0 radical (unpaired) electrons. The molecule has 0 fully saturated rings. The molecule has 3 heterocycles. The normalized spacial score (nSPS) is 14.6. The van der Waals surface area contributed by atoms with E-state index in [4.69, 9.17) is 9.98 Å². The minimum absolute atomic E-state index is 0.246. The highest BCUT2D eigenvalue weighted by Gasteiger charge is 2.23. The summed E-state index contributed by atoms with van der Waals surface area (Å²) >= 11 is 0. The Morgan fingerprint density at radius 3 is 1.52 bits per heavy atom. The first-order chi connectivity index (χ1) is 24.8. The summed E-state index contributed by atoms with van der Waals surface area (Å²) in [7, 11) is 0. The molecular weight excluding hydrogens is 611 g/mol. The summed E-state index contributed by atoms with van der Waals surface area (Å²) in [6.07, 6.45) is -0.246. The highest BCUT2D eigenvalue weighted by atomic mass is 15.2. The largest absolute Gasteiger partial charge is 0.344 e. The molecule has 0 saturated heterocycles. The van der Waals surface area contributed by atoms with Gasteiger partial charge in [-0.05, 0) is 54.1 Å². The van der Waals surface area contributed by atoms with Crippen LogP contribution in [0.25, 0.3) is 55.0 Å². The minimum Gasteiger partial charge on any atom is -0.344 e. The van der Waals surface area contributed by atoms with Crippen molar-refractivity contribution in [1.29, 1.82) is 0 Å². The second-order valence-corrected chi connectivity index (χ2v) is 12.7. The Labute approximate surface area is 289 Å². The van der Waals surface area contributed by atoms with E-state index in [1.807, 2.05) is 24.3 Å². The SMILES string of the molecule is c1ccc(C2=NC(c3ccc(-n4c5ccccc5c5ccc6c7ccccc7n(-c7ccccc7)c6c54)cc3)=NC(c3ccccc3)N2)cc1. The van der Waals surface area contributed by atoms with Crippen LogP contribution < -0.4 is 5.32 Å². The first kappa shape index (κ1) is 28.3. The van der Waals surface area contributed by atoms with Gasteiger partial charge in [-0.15, -0.1) is 0 Å². The highest BCUT2D eigenvalue weighted by Crippen LogP contribution is 2.41. The smallest absolute Gasteiger partial charge is 0.159 e. The average molecular weight is 642 g/mol. The maximum atomic E-state index is 5.11. The Kier molecular flexibility index (Phi) is 6.49. The summed E-state index contributed by atoms with van der Waals surface area (Å²) in [6, 6.07) is 62.0. The van der Waals surface area contributed by atoms with Crippen molar-refractivity contribution in [3.05, 3.63) is 193 Å². The van der Waals surface area contributed by atoms with E-state index in [2.05, 4.69) is 166 Å². The molecule has 0 bridgehead atoms. The van der Waals surface area contributed by atoms with E-state index in [1.165, 1.54) is 43.6 Å². The van der Waals surface area contributed by atoms with Gasteiger partial charge < -0.3 is 14.5 Å². The Bertz CT molecular complexity index is 2760. The van der Waals surface area contributed by atoms with Gasteiger partial charge in [0, 0.05) is 44.0 Å². The lowest BCUT2D eigenvalue weighted by molar-refractivity contribution is 0.674. The number of nitrogens with one attached hydrogen (secondary N) is 1. The molecule has 0 aliphatic carbocycles. The van der Waals surface area contributed by atoms with E-state index >= 15 is 0 Å². The van der Waals surface area contributed by atoms with Crippen LogP contribution in [0.2, 0.25) is 0 Å². The van der Waals surface area contributed by atoms with E-state index in [-0.39, 0.29) is 6.17 Å². The van der Waals surface area contributed by atoms with E-state index in [9.17, 15) is 0 Å². The first-order valence-corrected chi connectivity index (χ1v) is 17.0. The molecule has 1 aliphatic rings. The van der Waals surface area contributed by atoms with Gasteiger partial charge in [-0.2, -0.15) is 0 Å². The zero-order valence-corrected chi connectivity index (χ0v) is 27.1. The summed E-state index contributed by atoms with van der Waals surface area (Å²) in [4.78, 5) is 10.2. The van der Waals surface area contributed by atoms with Crippen LogP contribution in [-0.4, -0.2) is 20.8 Å². The van der Waals surface area contributed by atoms with Crippen molar-refractivity contribution in [1.82, 2.24) is 14.5 Å². The van der Waals surface area contributed by atoms with Gasteiger partial charge >= 0.3 is 0 Å². The number of aromatic nitrogens is 2. The summed E-state index contributed by atoms with van der Waals surface area (Å²) in [6.45, 7) is 0. The fraction of sp³-hybridized carbons (Fsp3) is 0.0222. The number of amidine groups is 2. The van der Waals surface area contributed by atoms with Gasteiger partial charge in [0.25, 0.3) is 0 Å². The molecular formula is C45H31N5. The molecule has 50 heavy (non-hydrogen) atoms. The van der Waals surface area contributed by atoms with Gasteiger partial charge in [-0.1, -0.05) is 127 Å². The molecule has 0 spiro atoms. The summed E-state index contributed by atoms with van der Waals surface area (Å²) in [5.74, 6) is 1.52. The number of benzene rings is 7. The quantitative estimate of drug-likeness (QED) is 0.200. The lowest BCUT2D eigenvalue weighted by Gasteiger charge is -2.23. The van der Waals surface area contributed by atoms with Gasteiger partial charge in [-0.3, -0.25) is 0 Å². The third kappa shape index (κ3) is 4.48. The lowest BCUT2D eigenvalue weighted by atomic mass is 10.1. The Morgan fingerprint density at radius 2 is 0.920 bits per heavy atom.